The molecule has 7 nitrogen and oxygen atoms in total. The van der Waals surface area contributed by atoms with Gasteiger partial charge in [-0.25, -0.2) is 0 Å². The molecule has 0 saturated heterocycles. The molecule has 5 N–H and O–H groups in total. The van der Waals surface area contributed by atoms with Crippen LogP contribution < -0.4 is 10.6 Å². The summed E-state index contributed by atoms with van der Waals surface area (Å²) in [6, 6.07) is 10.7. The lowest BCUT2D eigenvalue weighted by molar-refractivity contribution is 0.0927. The lowest BCUT2D eigenvalue weighted by atomic mass is 10.1. The Morgan fingerprint density at radius 3 is 1.78 bits per heavy atom. The van der Waals surface area contributed by atoms with Crippen molar-refractivity contribution in [2.24, 2.45) is 0 Å². The quantitative estimate of drug-likeness (QED) is 0.416. The van der Waals surface area contributed by atoms with Crippen LogP contribution in [-0.4, -0.2) is 40.2 Å². The zero-order valence-electron chi connectivity index (χ0n) is 12.1. The van der Waals surface area contributed by atoms with Gasteiger partial charge in [0.15, 0.2) is 17.2 Å². The third kappa shape index (κ3) is 4.13. The van der Waals surface area contributed by atoms with E-state index in [4.69, 9.17) is 0 Å². The molecule has 23 heavy (non-hydrogen) atoms. The smallest absolute Gasteiger partial charge is 0.251 e. The maximum atomic E-state index is 11.8. The van der Waals surface area contributed by atoms with E-state index in [0.717, 1.165) is 12.1 Å². The van der Waals surface area contributed by atoms with E-state index in [-0.39, 0.29) is 24.6 Å². The molecular formula is C16H16N2O5. The first-order chi connectivity index (χ1) is 11.0. The zero-order chi connectivity index (χ0) is 16.8. The Balaban J connectivity index is 1.82. The van der Waals surface area contributed by atoms with E-state index in [1.807, 2.05) is 0 Å². The third-order valence-electron chi connectivity index (χ3n) is 3.06. The molecule has 0 saturated carbocycles. The molecule has 2 rings (SSSR count). The monoisotopic (exact) mass is 316 g/mol. The lowest BCUT2D eigenvalue weighted by Gasteiger charge is -2.08. The molecule has 120 valence electrons. The molecule has 0 aliphatic heterocycles. The standard InChI is InChI=1S/C16H16N2O5/c19-12-8-11(9-13(20)14(12)21)16(23)18-7-6-17-15(22)10-4-2-1-3-5-10/h1-5,8-9,19-21H,6-7H2,(H,17,22)(H,18,23). The molecule has 0 bridgehead atoms. The summed E-state index contributed by atoms with van der Waals surface area (Å²) in [5, 5.41) is 33.1. The van der Waals surface area contributed by atoms with Crippen LogP contribution in [0.4, 0.5) is 0 Å². The minimum absolute atomic E-state index is 0.00724. The fraction of sp³-hybridized carbons (Fsp3) is 0.125. The lowest BCUT2D eigenvalue weighted by Crippen LogP contribution is -2.34. The number of carbonyl (C=O) groups excluding carboxylic acids is 2. The molecule has 0 heterocycles. The van der Waals surface area contributed by atoms with Crippen molar-refractivity contribution in [1.82, 2.24) is 10.6 Å². The van der Waals surface area contributed by atoms with Crippen LogP contribution in [-0.2, 0) is 0 Å². The van der Waals surface area contributed by atoms with Gasteiger partial charge in [-0.05, 0) is 24.3 Å². The van der Waals surface area contributed by atoms with E-state index in [1.54, 1.807) is 30.3 Å². The molecule has 0 atom stereocenters. The predicted octanol–water partition coefficient (Wildman–Crippen LogP) is 0.963. The second kappa shape index (κ2) is 7.17. The fourth-order valence-electron chi connectivity index (χ4n) is 1.88. The molecule has 2 amide bonds. The van der Waals surface area contributed by atoms with Gasteiger partial charge in [-0.15, -0.1) is 0 Å². The molecule has 0 radical (unpaired) electrons. The average Bonchev–Trinajstić information content (AvgIpc) is 2.56. The highest BCUT2D eigenvalue weighted by Crippen LogP contribution is 2.35. The van der Waals surface area contributed by atoms with Crippen LogP contribution in [0.2, 0.25) is 0 Å². The summed E-state index contributed by atoms with van der Waals surface area (Å²) in [4.78, 5) is 23.6. The van der Waals surface area contributed by atoms with Crippen LogP contribution in [0, 0.1) is 0 Å². The summed E-state index contributed by atoms with van der Waals surface area (Å²) >= 11 is 0. The van der Waals surface area contributed by atoms with Gasteiger partial charge in [0, 0.05) is 24.2 Å². The van der Waals surface area contributed by atoms with Crippen molar-refractivity contribution >= 4 is 11.8 Å². The Labute approximate surface area is 132 Å². The molecule has 0 spiro atoms. The Morgan fingerprint density at radius 2 is 1.26 bits per heavy atom. The van der Waals surface area contributed by atoms with E-state index in [0.29, 0.717) is 5.56 Å². The molecule has 0 aromatic heterocycles. The van der Waals surface area contributed by atoms with Crippen LogP contribution in [0.25, 0.3) is 0 Å². The van der Waals surface area contributed by atoms with E-state index in [2.05, 4.69) is 10.6 Å². The van der Waals surface area contributed by atoms with Crippen LogP contribution in [0.15, 0.2) is 42.5 Å². The van der Waals surface area contributed by atoms with Gasteiger partial charge in [0.1, 0.15) is 0 Å². The molecule has 2 aromatic rings. The van der Waals surface area contributed by atoms with Gasteiger partial charge in [-0.3, -0.25) is 9.59 Å². The first-order valence-electron chi connectivity index (χ1n) is 6.85. The summed E-state index contributed by atoms with van der Waals surface area (Å²) in [7, 11) is 0. The van der Waals surface area contributed by atoms with Crippen LogP contribution in [0.5, 0.6) is 17.2 Å². The predicted molar refractivity (Wildman–Crippen MR) is 82.5 cm³/mol. The minimum Gasteiger partial charge on any atom is -0.504 e. The van der Waals surface area contributed by atoms with Gasteiger partial charge in [-0.1, -0.05) is 18.2 Å². The van der Waals surface area contributed by atoms with Crippen molar-refractivity contribution in [3.8, 4) is 17.2 Å². The Bertz CT molecular complexity index is 693. The Kier molecular flexibility index (Phi) is 5.03. The van der Waals surface area contributed by atoms with Gasteiger partial charge in [-0.2, -0.15) is 0 Å². The van der Waals surface area contributed by atoms with Crippen molar-refractivity contribution in [3.05, 3.63) is 53.6 Å². The number of hydrogen-bond acceptors (Lipinski definition) is 5. The molecule has 0 fully saturated rings. The van der Waals surface area contributed by atoms with E-state index in [9.17, 15) is 24.9 Å². The molecule has 7 heteroatoms. The highest BCUT2D eigenvalue weighted by atomic mass is 16.3. The summed E-state index contributed by atoms with van der Waals surface area (Å²) in [5.41, 5.74) is 0.513. The number of benzene rings is 2. The topological polar surface area (TPSA) is 119 Å². The molecule has 0 unspecified atom stereocenters. The van der Waals surface area contributed by atoms with Gasteiger partial charge >= 0.3 is 0 Å². The van der Waals surface area contributed by atoms with Gasteiger partial charge < -0.3 is 26.0 Å². The number of phenolic OH excluding ortho intramolecular Hbond substituents is 3. The van der Waals surface area contributed by atoms with E-state index < -0.39 is 23.2 Å². The number of rotatable bonds is 5. The summed E-state index contributed by atoms with van der Waals surface area (Å²) in [5.74, 6) is -2.67. The van der Waals surface area contributed by atoms with Crippen molar-refractivity contribution < 1.29 is 24.9 Å². The first kappa shape index (κ1) is 16.2. The zero-order valence-corrected chi connectivity index (χ0v) is 12.1. The minimum atomic E-state index is -0.684. The SMILES string of the molecule is O=C(NCCNC(=O)c1cc(O)c(O)c(O)c1)c1ccccc1. The van der Waals surface area contributed by atoms with Crippen LogP contribution >= 0.6 is 0 Å². The molecular weight excluding hydrogens is 300 g/mol. The number of phenols is 3. The number of aromatic hydroxyl groups is 3. The van der Waals surface area contributed by atoms with Crippen molar-refractivity contribution in [3.63, 3.8) is 0 Å². The number of amides is 2. The molecule has 0 aliphatic rings. The summed E-state index contributed by atoms with van der Waals surface area (Å²) in [6.07, 6.45) is 0. The largest absolute Gasteiger partial charge is 0.504 e. The maximum Gasteiger partial charge on any atom is 0.251 e. The first-order valence-corrected chi connectivity index (χ1v) is 6.85. The van der Waals surface area contributed by atoms with Crippen molar-refractivity contribution in [2.75, 3.05) is 13.1 Å². The molecule has 0 aliphatic carbocycles. The van der Waals surface area contributed by atoms with E-state index >= 15 is 0 Å². The van der Waals surface area contributed by atoms with Gasteiger partial charge in [0.2, 0.25) is 0 Å². The van der Waals surface area contributed by atoms with Crippen molar-refractivity contribution in [2.45, 2.75) is 0 Å². The maximum absolute atomic E-state index is 11.8. The van der Waals surface area contributed by atoms with Gasteiger partial charge in [0.25, 0.3) is 11.8 Å². The summed E-state index contributed by atoms with van der Waals surface area (Å²) < 4.78 is 0. The van der Waals surface area contributed by atoms with Crippen molar-refractivity contribution in [1.29, 1.82) is 0 Å². The highest BCUT2D eigenvalue weighted by Gasteiger charge is 2.13. The van der Waals surface area contributed by atoms with Crippen LogP contribution in [0.1, 0.15) is 20.7 Å². The van der Waals surface area contributed by atoms with Gasteiger partial charge in [0.05, 0.1) is 0 Å². The van der Waals surface area contributed by atoms with E-state index in [1.165, 1.54) is 0 Å². The summed E-state index contributed by atoms with van der Waals surface area (Å²) in [6.45, 7) is 0.384. The Hall–Kier alpha value is -3.22. The number of nitrogens with one attached hydrogen (secondary N) is 2. The number of carbonyl (C=O) groups is 2. The second-order valence-corrected chi connectivity index (χ2v) is 4.74. The Morgan fingerprint density at radius 1 is 0.783 bits per heavy atom. The number of hydrogen-bond donors (Lipinski definition) is 5. The molecule has 2 aromatic carbocycles. The fourth-order valence-corrected chi connectivity index (χ4v) is 1.88. The second-order valence-electron chi connectivity index (χ2n) is 4.74. The normalized spacial score (nSPS) is 10.1. The third-order valence-corrected chi connectivity index (χ3v) is 3.06. The van der Waals surface area contributed by atoms with Crippen LogP contribution in [0.3, 0.4) is 0 Å². The highest BCUT2D eigenvalue weighted by molar-refractivity contribution is 5.96. The average molecular weight is 316 g/mol.